The van der Waals surface area contributed by atoms with E-state index < -0.39 is 15.8 Å². The van der Waals surface area contributed by atoms with E-state index in [0.717, 1.165) is 0 Å². The van der Waals surface area contributed by atoms with Gasteiger partial charge in [-0.05, 0) is 123 Å². The molecule has 0 aliphatic carbocycles. The van der Waals surface area contributed by atoms with E-state index in [0.29, 0.717) is 0 Å². The molecule has 0 atom stereocenters. The first kappa shape index (κ1) is 34.3. The highest BCUT2D eigenvalue weighted by Crippen LogP contribution is 2.37. The molecule has 228 valence electrons. The highest BCUT2D eigenvalue weighted by molar-refractivity contribution is 7.80. The van der Waals surface area contributed by atoms with Crippen LogP contribution >= 0.6 is 28.3 Å². The molecule has 0 nitrogen and oxygen atoms in total. The second-order valence-electron chi connectivity index (χ2n) is 11.4. The van der Waals surface area contributed by atoms with Gasteiger partial charge in [-0.15, -0.1) is 12.4 Å². The van der Waals surface area contributed by atoms with Gasteiger partial charge in [0.25, 0.3) is 0 Å². The van der Waals surface area contributed by atoms with Gasteiger partial charge in [0.2, 0.25) is 0 Å². The van der Waals surface area contributed by atoms with Gasteiger partial charge in [0, 0.05) is 0 Å². The normalized spacial score (nSPS) is 10.7. The van der Waals surface area contributed by atoms with Crippen LogP contribution in [0, 0.1) is 41.5 Å². The molecule has 45 heavy (non-hydrogen) atoms. The summed E-state index contributed by atoms with van der Waals surface area (Å²) in [5.41, 5.74) is 8.25. The molecule has 6 aromatic carbocycles. The summed E-state index contributed by atoms with van der Waals surface area (Å²) in [7, 11) is -1.02. The molecule has 0 amide bonds. The van der Waals surface area contributed by atoms with E-state index in [1.807, 2.05) is 0 Å². The Balaban J connectivity index is 0.000000200. The van der Waals surface area contributed by atoms with Gasteiger partial charge in [-0.1, -0.05) is 146 Å². The molecule has 0 bridgehead atoms. The summed E-state index contributed by atoms with van der Waals surface area (Å²) < 4.78 is 0. The Hall–Kier alpha value is -3.53. The number of hydrogen-bond acceptors (Lipinski definition) is 0. The minimum atomic E-state index is -0.508. The summed E-state index contributed by atoms with van der Waals surface area (Å²) >= 11 is 0. The summed E-state index contributed by atoms with van der Waals surface area (Å²) in [6.45, 7) is 13.3. The quantitative estimate of drug-likeness (QED) is 0.159. The maximum absolute atomic E-state index is 2.29. The molecule has 0 aliphatic rings. The van der Waals surface area contributed by atoms with Crippen LogP contribution in [0.25, 0.3) is 0 Å². The largest absolute Gasteiger partial charge is 0.147 e. The minimum Gasteiger partial charge on any atom is -0.147 e. The number of benzene rings is 6. The van der Waals surface area contributed by atoms with Gasteiger partial charge in [0.1, 0.15) is 0 Å². The van der Waals surface area contributed by atoms with Crippen LogP contribution in [-0.2, 0) is 0 Å². The first-order valence-corrected chi connectivity index (χ1v) is 18.0. The van der Waals surface area contributed by atoms with E-state index in [2.05, 4.69) is 187 Å². The summed E-state index contributed by atoms with van der Waals surface area (Å²) in [6.07, 6.45) is 0. The fourth-order valence-corrected chi connectivity index (χ4v) is 11.2. The Morgan fingerprint density at radius 3 is 0.511 bits per heavy atom. The monoisotopic (exact) mass is 644 g/mol. The third-order valence-electron chi connectivity index (χ3n) is 8.14. The lowest BCUT2D eigenvalue weighted by Crippen LogP contribution is -2.25. The molecule has 0 saturated heterocycles. The van der Waals surface area contributed by atoms with Crippen molar-refractivity contribution in [3.8, 4) is 0 Å². The van der Waals surface area contributed by atoms with Crippen LogP contribution < -0.4 is 31.8 Å². The van der Waals surface area contributed by atoms with E-state index in [9.17, 15) is 0 Å². The molecule has 0 spiro atoms. The van der Waals surface area contributed by atoms with Gasteiger partial charge >= 0.3 is 0 Å². The van der Waals surface area contributed by atoms with E-state index in [1.165, 1.54) is 65.2 Å². The van der Waals surface area contributed by atoms with Gasteiger partial charge in [-0.3, -0.25) is 0 Å². The number of hydrogen-bond donors (Lipinski definition) is 0. The summed E-state index contributed by atoms with van der Waals surface area (Å²) in [5.74, 6) is 0. The zero-order valence-corrected chi connectivity index (χ0v) is 29.8. The molecule has 6 aromatic rings. The van der Waals surface area contributed by atoms with Crippen LogP contribution in [0.1, 0.15) is 33.4 Å². The molecule has 0 radical (unpaired) electrons. The molecular weight excluding hydrogens is 602 g/mol. The SMILES string of the molecule is Cc1ccccc1P(c1ccccc1C)c1ccccc1C.Cc1ccccc1P(c1ccccc1C)c1ccccc1C.Cl. The van der Waals surface area contributed by atoms with Crippen molar-refractivity contribution in [2.45, 2.75) is 41.5 Å². The molecule has 0 fully saturated rings. The zero-order chi connectivity index (χ0) is 31.1. The molecular formula is C42H43ClP2. The van der Waals surface area contributed by atoms with Crippen LogP contribution in [-0.4, -0.2) is 0 Å². The Morgan fingerprint density at radius 2 is 0.378 bits per heavy atom. The molecule has 0 heterocycles. The third-order valence-corrected chi connectivity index (χ3v) is 14.0. The van der Waals surface area contributed by atoms with Gasteiger partial charge in [0.15, 0.2) is 0 Å². The average Bonchev–Trinajstić information content (AvgIpc) is 3.03. The van der Waals surface area contributed by atoms with Gasteiger partial charge in [-0.25, -0.2) is 0 Å². The van der Waals surface area contributed by atoms with Gasteiger partial charge in [-0.2, -0.15) is 0 Å². The third kappa shape index (κ3) is 8.01. The lowest BCUT2D eigenvalue weighted by atomic mass is 10.2. The fourth-order valence-electron chi connectivity index (χ4n) is 5.66. The lowest BCUT2D eigenvalue weighted by molar-refractivity contribution is 1.49. The number of halogens is 1. The van der Waals surface area contributed by atoms with Crippen molar-refractivity contribution in [2.24, 2.45) is 0 Å². The van der Waals surface area contributed by atoms with Crippen molar-refractivity contribution in [3.63, 3.8) is 0 Å². The predicted octanol–water partition coefficient (Wildman–Crippen LogP) is 9.16. The lowest BCUT2D eigenvalue weighted by Gasteiger charge is -2.24. The van der Waals surface area contributed by atoms with Crippen molar-refractivity contribution in [1.82, 2.24) is 0 Å². The maximum atomic E-state index is 2.29. The maximum Gasteiger partial charge on any atom is -0.0122 e. The van der Waals surface area contributed by atoms with Crippen LogP contribution in [0.15, 0.2) is 146 Å². The van der Waals surface area contributed by atoms with Crippen molar-refractivity contribution in [3.05, 3.63) is 179 Å². The van der Waals surface area contributed by atoms with Crippen LogP contribution in [0.2, 0.25) is 0 Å². The Kier molecular flexibility index (Phi) is 12.3. The second-order valence-corrected chi connectivity index (χ2v) is 15.6. The van der Waals surface area contributed by atoms with E-state index in [-0.39, 0.29) is 12.4 Å². The van der Waals surface area contributed by atoms with Crippen molar-refractivity contribution < 1.29 is 0 Å². The average molecular weight is 645 g/mol. The highest BCUT2D eigenvalue weighted by Gasteiger charge is 2.22. The summed E-state index contributed by atoms with van der Waals surface area (Å²) in [6, 6.07) is 52.8. The molecule has 3 heteroatoms. The predicted molar refractivity (Wildman–Crippen MR) is 206 cm³/mol. The second kappa shape index (κ2) is 16.2. The van der Waals surface area contributed by atoms with Crippen molar-refractivity contribution in [2.75, 3.05) is 0 Å². The van der Waals surface area contributed by atoms with Crippen LogP contribution in [0.3, 0.4) is 0 Å². The minimum absolute atomic E-state index is 0. The van der Waals surface area contributed by atoms with Crippen LogP contribution in [0.5, 0.6) is 0 Å². The Labute approximate surface area is 279 Å². The zero-order valence-electron chi connectivity index (χ0n) is 27.2. The van der Waals surface area contributed by atoms with E-state index >= 15 is 0 Å². The molecule has 0 aromatic heterocycles. The summed E-state index contributed by atoms with van der Waals surface area (Å²) in [4.78, 5) is 0. The van der Waals surface area contributed by atoms with E-state index in [1.54, 1.807) is 0 Å². The van der Waals surface area contributed by atoms with E-state index in [4.69, 9.17) is 0 Å². The first-order valence-electron chi connectivity index (χ1n) is 15.3. The van der Waals surface area contributed by atoms with Gasteiger partial charge in [0.05, 0.1) is 0 Å². The number of rotatable bonds is 6. The molecule has 0 unspecified atom stereocenters. The Morgan fingerprint density at radius 1 is 0.244 bits per heavy atom. The van der Waals surface area contributed by atoms with Crippen molar-refractivity contribution in [1.29, 1.82) is 0 Å². The Bertz CT molecular complexity index is 1510. The molecule has 0 saturated carbocycles. The summed E-state index contributed by atoms with van der Waals surface area (Å²) in [5, 5.41) is 8.76. The molecule has 0 aliphatic heterocycles. The highest BCUT2D eigenvalue weighted by atomic mass is 35.5. The molecule has 0 N–H and O–H groups in total. The standard InChI is InChI=1S/2C21H21P.ClH/c2*1-16-10-4-7-13-19(16)22(20-14-8-5-11-17(20)2)21-15-9-6-12-18(21)3;/h2*4-15H,1-3H3;1H. The van der Waals surface area contributed by atoms with Gasteiger partial charge < -0.3 is 0 Å². The van der Waals surface area contributed by atoms with Crippen molar-refractivity contribution >= 4 is 60.1 Å². The smallest absolute Gasteiger partial charge is 0.0122 e. The van der Waals surface area contributed by atoms with Crippen LogP contribution in [0.4, 0.5) is 0 Å². The number of aryl methyl sites for hydroxylation is 6. The fraction of sp³-hybridized carbons (Fsp3) is 0.143. The molecule has 6 rings (SSSR count). The topological polar surface area (TPSA) is 0 Å². The first-order chi connectivity index (χ1) is 21.4.